The number of likely N-dealkylation sites (tertiary alicyclic amines) is 1. The molecule has 2 aromatic heterocycles. The zero-order valence-electron chi connectivity index (χ0n) is 13.5. The molecule has 2 aliphatic rings. The molecule has 1 aliphatic carbocycles. The smallest absolute Gasteiger partial charge is 0.284 e. The summed E-state index contributed by atoms with van der Waals surface area (Å²) in [6, 6.07) is 3.98. The molecule has 1 saturated carbocycles. The largest absolute Gasteiger partial charge is 0.459 e. The van der Waals surface area contributed by atoms with Gasteiger partial charge in [-0.05, 0) is 43.7 Å². The molecule has 3 heterocycles. The van der Waals surface area contributed by atoms with E-state index in [1.54, 1.807) is 18.4 Å². The number of aromatic nitrogens is 2. The lowest BCUT2D eigenvalue weighted by molar-refractivity contribution is -0.134. The molecule has 128 valence electrons. The van der Waals surface area contributed by atoms with Crippen LogP contribution in [0, 0.1) is 5.92 Å². The van der Waals surface area contributed by atoms with Crippen LogP contribution in [0.3, 0.4) is 0 Å². The van der Waals surface area contributed by atoms with Crippen molar-refractivity contribution in [2.24, 2.45) is 5.92 Å². The van der Waals surface area contributed by atoms with Crippen molar-refractivity contribution in [2.75, 3.05) is 12.3 Å². The summed E-state index contributed by atoms with van der Waals surface area (Å²) < 4.78 is 10.8. The monoisotopic (exact) mass is 347 g/mol. The van der Waals surface area contributed by atoms with Gasteiger partial charge in [0.25, 0.3) is 11.1 Å². The van der Waals surface area contributed by atoms with Crippen molar-refractivity contribution in [1.29, 1.82) is 0 Å². The minimum atomic E-state index is 0.189. The Kier molecular flexibility index (Phi) is 4.60. The minimum absolute atomic E-state index is 0.189. The molecule has 2 aromatic rings. The molecule has 1 amide bonds. The zero-order valence-corrected chi connectivity index (χ0v) is 14.3. The van der Waals surface area contributed by atoms with Gasteiger partial charge in [0, 0.05) is 12.6 Å². The van der Waals surface area contributed by atoms with E-state index in [-0.39, 0.29) is 5.91 Å². The van der Waals surface area contributed by atoms with Crippen LogP contribution in [0.15, 0.2) is 32.5 Å². The minimum Gasteiger partial charge on any atom is -0.459 e. The number of piperidine rings is 1. The highest BCUT2D eigenvalue weighted by Crippen LogP contribution is 2.35. The number of hydrogen-bond donors (Lipinski definition) is 0. The molecular formula is C17H21N3O3S. The van der Waals surface area contributed by atoms with Crippen LogP contribution in [0.2, 0.25) is 0 Å². The van der Waals surface area contributed by atoms with Crippen molar-refractivity contribution in [1.82, 2.24) is 15.1 Å². The molecule has 0 N–H and O–H groups in total. The number of furan rings is 1. The van der Waals surface area contributed by atoms with E-state index in [1.165, 1.54) is 37.4 Å². The molecule has 0 spiro atoms. The summed E-state index contributed by atoms with van der Waals surface area (Å²) >= 11 is 1.31. The highest BCUT2D eigenvalue weighted by atomic mass is 32.2. The zero-order chi connectivity index (χ0) is 16.4. The van der Waals surface area contributed by atoms with Crippen LogP contribution >= 0.6 is 11.8 Å². The average molecular weight is 347 g/mol. The summed E-state index contributed by atoms with van der Waals surface area (Å²) in [5.41, 5.74) is 0. The summed E-state index contributed by atoms with van der Waals surface area (Å²) in [7, 11) is 0. The first-order valence-corrected chi connectivity index (χ1v) is 9.59. The summed E-state index contributed by atoms with van der Waals surface area (Å²) in [4.78, 5) is 14.8. The summed E-state index contributed by atoms with van der Waals surface area (Å²) in [5.74, 6) is 2.13. The lowest BCUT2D eigenvalue weighted by atomic mass is 9.78. The van der Waals surface area contributed by atoms with Gasteiger partial charge in [-0.25, -0.2) is 0 Å². The molecule has 24 heavy (non-hydrogen) atoms. The molecule has 0 radical (unpaired) electrons. The Morgan fingerprint density at radius 1 is 1.25 bits per heavy atom. The number of nitrogens with zero attached hydrogens (tertiary/aromatic N) is 3. The average Bonchev–Trinajstić information content (AvgIpc) is 3.30. The molecule has 1 saturated heterocycles. The predicted molar refractivity (Wildman–Crippen MR) is 89.4 cm³/mol. The van der Waals surface area contributed by atoms with E-state index in [9.17, 15) is 4.79 Å². The standard InChI is InChI=1S/C17H21N3O3S/c21-15(20-9-3-6-12-5-1-2-7-13(12)20)11-24-17-19-18-16(23-17)14-8-4-10-22-14/h4,8,10,12-13H,1-3,5-7,9,11H2/t12-,13+/m1/s1. The van der Waals surface area contributed by atoms with E-state index in [0.717, 1.165) is 19.4 Å². The molecule has 0 unspecified atom stereocenters. The fourth-order valence-corrected chi connectivity index (χ4v) is 4.56. The van der Waals surface area contributed by atoms with Gasteiger partial charge in [-0.1, -0.05) is 24.6 Å². The van der Waals surface area contributed by atoms with Crippen LogP contribution in [0.5, 0.6) is 0 Å². The summed E-state index contributed by atoms with van der Waals surface area (Å²) in [6.45, 7) is 0.891. The first kappa shape index (κ1) is 15.7. The Labute approximate surface area is 145 Å². The lowest BCUT2D eigenvalue weighted by Gasteiger charge is -2.44. The first-order valence-electron chi connectivity index (χ1n) is 8.61. The van der Waals surface area contributed by atoms with E-state index in [2.05, 4.69) is 15.1 Å². The molecule has 6 nitrogen and oxygen atoms in total. The predicted octanol–water partition coefficient (Wildman–Crippen LogP) is 3.60. The van der Waals surface area contributed by atoms with Gasteiger partial charge in [0.2, 0.25) is 5.91 Å². The Balaban J connectivity index is 1.36. The Bertz CT molecular complexity index is 683. The second-order valence-electron chi connectivity index (χ2n) is 6.48. The molecule has 7 heteroatoms. The topological polar surface area (TPSA) is 72.4 Å². The van der Waals surface area contributed by atoms with Gasteiger partial charge in [0.1, 0.15) is 0 Å². The second-order valence-corrected chi connectivity index (χ2v) is 7.41. The maximum atomic E-state index is 12.7. The fraction of sp³-hybridized carbons (Fsp3) is 0.588. The van der Waals surface area contributed by atoms with E-state index in [1.807, 2.05) is 0 Å². The highest BCUT2D eigenvalue weighted by Gasteiger charge is 2.35. The van der Waals surface area contributed by atoms with Crippen molar-refractivity contribution < 1.29 is 13.6 Å². The SMILES string of the molecule is O=C(CSc1nnc(-c2ccco2)o1)N1CCC[C@H]2CCCC[C@@H]21. The molecule has 4 rings (SSSR count). The third-order valence-electron chi connectivity index (χ3n) is 5.02. The second kappa shape index (κ2) is 7.01. The van der Waals surface area contributed by atoms with Crippen molar-refractivity contribution in [3.8, 4) is 11.7 Å². The van der Waals surface area contributed by atoms with Gasteiger partial charge in [-0.2, -0.15) is 0 Å². The number of fused-ring (bicyclic) bond motifs is 1. The van der Waals surface area contributed by atoms with Gasteiger partial charge >= 0.3 is 0 Å². The Morgan fingerprint density at radius 3 is 3.00 bits per heavy atom. The van der Waals surface area contributed by atoms with Crippen LogP contribution < -0.4 is 0 Å². The van der Waals surface area contributed by atoms with Crippen LogP contribution in [0.4, 0.5) is 0 Å². The lowest BCUT2D eigenvalue weighted by Crippen LogP contribution is -2.50. The summed E-state index contributed by atoms with van der Waals surface area (Å²) in [5, 5.41) is 8.35. The number of carbonyl (C=O) groups is 1. The Hall–Kier alpha value is -1.76. The van der Waals surface area contributed by atoms with Crippen LogP contribution in [-0.4, -0.2) is 39.3 Å². The van der Waals surface area contributed by atoms with Gasteiger partial charge in [0.15, 0.2) is 5.76 Å². The van der Waals surface area contributed by atoms with Gasteiger partial charge < -0.3 is 13.7 Å². The number of rotatable bonds is 4. The van der Waals surface area contributed by atoms with Crippen molar-refractivity contribution in [2.45, 2.75) is 49.8 Å². The number of carbonyl (C=O) groups excluding carboxylic acids is 1. The maximum absolute atomic E-state index is 12.7. The van der Waals surface area contributed by atoms with Crippen LogP contribution in [0.25, 0.3) is 11.7 Å². The van der Waals surface area contributed by atoms with E-state index >= 15 is 0 Å². The summed E-state index contributed by atoms with van der Waals surface area (Å²) in [6.07, 6.45) is 8.96. The molecule has 1 aliphatic heterocycles. The quantitative estimate of drug-likeness (QED) is 0.787. The maximum Gasteiger partial charge on any atom is 0.284 e. The number of thioether (sulfide) groups is 1. The first-order chi connectivity index (χ1) is 11.8. The molecule has 0 bridgehead atoms. The van der Waals surface area contributed by atoms with Crippen molar-refractivity contribution in [3.63, 3.8) is 0 Å². The van der Waals surface area contributed by atoms with E-state index in [0.29, 0.717) is 34.6 Å². The van der Waals surface area contributed by atoms with Crippen LogP contribution in [0.1, 0.15) is 38.5 Å². The normalized spacial score (nSPS) is 23.9. The van der Waals surface area contributed by atoms with Crippen LogP contribution in [-0.2, 0) is 4.79 Å². The van der Waals surface area contributed by atoms with Crippen molar-refractivity contribution >= 4 is 17.7 Å². The van der Waals surface area contributed by atoms with Gasteiger partial charge in [0.05, 0.1) is 12.0 Å². The highest BCUT2D eigenvalue weighted by molar-refractivity contribution is 7.99. The molecule has 0 aromatic carbocycles. The molecule has 2 fully saturated rings. The molecule has 2 atom stereocenters. The molecular weight excluding hydrogens is 326 g/mol. The third kappa shape index (κ3) is 3.22. The Morgan fingerprint density at radius 2 is 2.12 bits per heavy atom. The van der Waals surface area contributed by atoms with E-state index < -0.39 is 0 Å². The van der Waals surface area contributed by atoms with E-state index in [4.69, 9.17) is 8.83 Å². The number of hydrogen-bond acceptors (Lipinski definition) is 6. The van der Waals surface area contributed by atoms with Gasteiger partial charge in [-0.15, -0.1) is 10.2 Å². The van der Waals surface area contributed by atoms with Crippen molar-refractivity contribution in [3.05, 3.63) is 18.4 Å². The van der Waals surface area contributed by atoms with Gasteiger partial charge in [-0.3, -0.25) is 4.79 Å². The third-order valence-corrected chi connectivity index (χ3v) is 5.82. The fourth-order valence-electron chi connectivity index (χ4n) is 3.91. The number of amides is 1.